The van der Waals surface area contributed by atoms with Crippen molar-refractivity contribution in [1.29, 1.82) is 5.26 Å². The van der Waals surface area contributed by atoms with Gasteiger partial charge in [0.15, 0.2) is 0 Å². The van der Waals surface area contributed by atoms with Crippen molar-refractivity contribution in [3.05, 3.63) is 0 Å². The van der Waals surface area contributed by atoms with Crippen LogP contribution in [-0.4, -0.2) is 37.6 Å². The molecule has 0 aromatic rings. The lowest BCUT2D eigenvalue weighted by atomic mass is 10.2. The van der Waals surface area contributed by atoms with Gasteiger partial charge < -0.3 is 10.2 Å². The first-order chi connectivity index (χ1) is 6.61. The first-order valence-corrected chi connectivity index (χ1v) is 5.42. The molecule has 2 unspecified atom stereocenters. The highest BCUT2D eigenvalue weighted by atomic mass is 15.1. The third kappa shape index (κ3) is 5.95. The summed E-state index contributed by atoms with van der Waals surface area (Å²) in [7, 11) is 2.14. The molecular formula is C11H23N3. The molecule has 0 aliphatic rings. The molecule has 0 bridgehead atoms. The number of hydrogen-bond acceptors (Lipinski definition) is 3. The summed E-state index contributed by atoms with van der Waals surface area (Å²) in [6, 6.07) is 2.85. The third-order valence-electron chi connectivity index (χ3n) is 2.66. The van der Waals surface area contributed by atoms with Crippen molar-refractivity contribution in [2.45, 2.75) is 33.2 Å². The lowest BCUT2D eigenvalue weighted by Crippen LogP contribution is -2.36. The van der Waals surface area contributed by atoms with E-state index in [1.807, 2.05) is 6.92 Å². The lowest BCUT2D eigenvalue weighted by Gasteiger charge is -2.23. The predicted octanol–water partition coefficient (Wildman–Crippen LogP) is 1.47. The predicted molar refractivity (Wildman–Crippen MR) is 60.0 cm³/mol. The molecule has 14 heavy (non-hydrogen) atoms. The number of nitriles is 1. The van der Waals surface area contributed by atoms with Gasteiger partial charge in [0.2, 0.25) is 0 Å². The number of nitrogens with one attached hydrogen (secondary N) is 1. The van der Waals surface area contributed by atoms with Crippen molar-refractivity contribution >= 4 is 0 Å². The molecule has 0 rings (SSSR count). The molecule has 0 aromatic carbocycles. The van der Waals surface area contributed by atoms with E-state index < -0.39 is 0 Å². The van der Waals surface area contributed by atoms with Crippen molar-refractivity contribution < 1.29 is 0 Å². The summed E-state index contributed by atoms with van der Waals surface area (Å²) in [6.07, 6.45) is 1.19. The van der Waals surface area contributed by atoms with Crippen LogP contribution >= 0.6 is 0 Å². The van der Waals surface area contributed by atoms with Gasteiger partial charge >= 0.3 is 0 Å². The first kappa shape index (κ1) is 13.4. The number of hydrogen-bond donors (Lipinski definition) is 1. The van der Waals surface area contributed by atoms with E-state index in [0.717, 1.165) is 19.6 Å². The summed E-state index contributed by atoms with van der Waals surface area (Å²) in [5.74, 6) is 0.115. The van der Waals surface area contributed by atoms with Crippen molar-refractivity contribution in [3.63, 3.8) is 0 Å². The molecule has 2 atom stereocenters. The second kappa shape index (κ2) is 7.78. The summed E-state index contributed by atoms with van der Waals surface area (Å²) in [5.41, 5.74) is 0. The van der Waals surface area contributed by atoms with E-state index >= 15 is 0 Å². The lowest BCUT2D eigenvalue weighted by molar-refractivity contribution is 0.251. The summed E-state index contributed by atoms with van der Waals surface area (Å²) < 4.78 is 0. The van der Waals surface area contributed by atoms with E-state index in [1.54, 1.807) is 0 Å². The average molecular weight is 197 g/mol. The summed E-state index contributed by atoms with van der Waals surface area (Å²) in [4.78, 5) is 2.34. The second-order valence-corrected chi connectivity index (χ2v) is 3.97. The Labute approximate surface area is 88.1 Å². The van der Waals surface area contributed by atoms with Crippen LogP contribution in [0, 0.1) is 17.2 Å². The Morgan fingerprint density at radius 2 is 2.07 bits per heavy atom. The van der Waals surface area contributed by atoms with Crippen LogP contribution in [0.1, 0.15) is 27.2 Å². The molecule has 0 heterocycles. The van der Waals surface area contributed by atoms with Crippen molar-refractivity contribution in [2.24, 2.45) is 5.92 Å². The molecule has 0 aliphatic carbocycles. The standard InChI is InChI=1S/C11H23N3/c1-5-11(3)14(4)7-6-13-9-10(2)8-12/h10-11,13H,5-7,9H2,1-4H3. The van der Waals surface area contributed by atoms with E-state index in [9.17, 15) is 0 Å². The number of rotatable bonds is 7. The van der Waals surface area contributed by atoms with Crippen molar-refractivity contribution in [2.75, 3.05) is 26.7 Å². The maximum absolute atomic E-state index is 8.57. The van der Waals surface area contributed by atoms with E-state index in [2.05, 4.69) is 37.2 Å². The fraction of sp³-hybridized carbons (Fsp3) is 0.909. The van der Waals surface area contributed by atoms with Crippen LogP contribution in [0.5, 0.6) is 0 Å². The van der Waals surface area contributed by atoms with Gasteiger partial charge in [-0.25, -0.2) is 0 Å². The zero-order chi connectivity index (χ0) is 11.0. The Balaban J connectivity index is 3.41. The Bertz CT molecular complexity index is 174. The number of likely N-dealkylation sites (N-methyl/N-ethyl adjacent to an activating group) is 1. The first-order valence-electron chi connectivity index (χ1n) is 5.42. The molecule has 0 fully saturated rings. The highest BCUT2D eigenvalue weighted by Crippen LogP contribution is 1.98. The zero-order valence-electron chi connectivity index (χ0n) is 9.88. The quantitative estimate of drug-likeness (QED) is 0.628. The van der Waals surface area contributed by atoms with Crippen molar-refractivity contribution in [1.82, 2.24) is 10.2 Å². The van der Waals surface area contributed by atoms with Gasteiger partial charge in [0.25, 0.3) is 0 Å². The van der Waals surface area contributed by atoms with Crippen LogP contribution < -0.4 is 5.32 Å². The van der Waals surface area contributed by atoms with Crippen LogP contribution in [0.3, 0.4) is 0 Å². The third-order valence-corrected chi connectivity index (χ3v) is 2.66. The highest BCUT2D eigenvalue weighted by molar-refractivity contribution is 4.80. The van der Waals surface area contributed by atoms with E-state index in [0.29, 0.717) is 6.04 Å². The molecule has 0 amide bonds. The van der Waals surface area contributed by atoms with Gasteiger partial charge in [-0.1, -0.05) is 6.92 Å². The minimum absolute atomic E-state index is 0.115. The maximum atomic E-state index is 8.57. The van der Waals surface area contributed by atoms with Gasteiger partial charge in [-0.05, 0) is 27.3 Å². The SMILES string of the molecule is CCC(C)N(C)CCNCC(C)C#N. The minimum Gasteiger partial charge on any atom is -0.314 e. The second-order valence-electron chi connectivity index (χ2n) is 3.97. The maximum Gasteiger partial charge on any atom is 0.0666 e. The zero-order valence-corrected chi connectivity index (χ0v) is 9.88. The van der Waals surface area contributed by atoms with E-state index in [-0.39, 0.29) is 5.92 Å². The minimum atomic E-state index is 0.115. The van der Waals surface area contributed by atoms with Crippen molar-refractivity contribution in [3.8, 4) is 6.07 Å². The Morgan fingerprint density at radius 3 is 2.57 bits per heavy atom. The van der Waals surface area contributed by atoms with E-state index in [4.69, 9.17) is 5.26 Å². The average Bonchev–Trinajstić information content (AvgIpc) is 2.22. The van der Waals surface area contributed by atoms with Gasteiger partial charge in [-0.2, -0.15) is 5.26 Å². The molecular weight excluding hydrogens is 174 g/mol. The molecule has 1 N–H and O–H groups in total. The fourth-order valence-corrected chi connectivity index (χ4v) is 1.15. The van der Waals surface area contributed by atoms with E-state index in [1.165, 1.54) is 6.42 Å². The van der Waals surface area contributed by atoms with Crippen LogP contribution in [0.15, 0.2) is 0 Å². The Morgan fingerprint density at radius 1 is 1.43 bits per heavy atom. The van der Waals surface area contributed by atoms with Crippen LogP contribution in [0.25, 0.3) is 0 Å². The molecule has 3 nitrogen and oxygen atoms in total. The topological polar surface area (TPSA) is 39.1 Å². The summed E-state index contributed by atoms with van der Waals surface area (Å²) in [5, 5.41) is 11.9. The van der Waals surface area contributed by atoms with Gasteiger partial charge in [0.1, 0.15) is 0 Å². The number of nitrogens with zero attached hydrogens (tertiary/aromatic N) is 2. The summed E-state index contributed by atoms with van der Waals surface area (Å²) in [6.45, 7) is 9.18. The smallest absolute Gasteiger partial charge is 0.0666 e. The van der Waals surface area contributed by atoms with Gasteiger partial charge in [-0.3, -0.25) is 0 Å². The monoisotopic (exact) mass is 197 g/mol. The Kier molecular flexibility index (Phi) is 7.45. The molecule has 0 spiro atoms. The van der Waals surface area contributed by atoms with Gasteiger partial charge in [-0.15, -0.1) is 0 Å². The Hall–Kier alpha value is -0.590. The molecule has 0 saturated carbocycles. The van der Waals surface area contributed by atoms with Gasteiger partial charge in [0, 0.05) is 25.7 Å². The largest absolute Gasteiger partial charge is 0.314 e. The molecule has 0 aromatic heterocycles. The molecule has 3 heteroatoms. The molecule has 0 saturated heterocycles. The van der Waals surface area contributed by atoms with Crippen LogP contribution in [0.2, 0.25) is 0 Å². The molecule has 82 valence electrons. The van der Waals surface area contributed by atoms with Gasteiger partial charge in [0.05, 0.1) is 12.0 Å². The molecule has 0 radical (unpaired) electrons. The normalized spacial score (nSPS) is 15.1. The highest BCUT2D eigenvalue weighted by Gasteiger charge is 2.05. The van der Waals surface area contributed by atoms with Crippen LogP contribution in [-0.2, 0) is 0 Å². The summed E-state index contributed by atoms with van der Waals surface area (Å²) >= 11 is 0. The fourth-order valence-electron chi connectivity index (χ4n) is 1.15. The molecule has 0 aliphatic heterocycles. The van der Waals surface area contributed by atoms with Crippen LogP contribution in [0.4, 0.5) is 0 Å².